The summed E-state index contributed by atoms with van der Waals surface area (Å²) in [4.78, 5) is 0. The summed E-state index contributed by atoms with van der Waals surface area (Å²) in [6.45, 7) is 12.5. The van der Waals surface area contributed by atoms with Gasteiger partial charge in [-0.05, 0) is 52.0 Å². The third-order valence-electron chi connectivity index (χ3n) is 2.46. The van der Waals surface area contributed by atoms with Crippen molar-refractivity contribution in [1.29, 1.82) is 0 Å². The van der Waals surface area contributed by atoms with Gasteiger partial charge in [0.05, 0.1) is 0 Å². The van der Waals surface area contributed by atoms with Crippen LogP contribution < -0.4 is 10.6 Å². The van der Waals surface area contributed by atoms with Gasteiger partial charge in [0.1, 0.15) is 0 Å². The summed E-state index contributed by atoms with van der Waals surface area (Å²) in [5.41, 5.74) is 2.38. The number of nitrogens with one attached hydrogen (secondary N) is 2. The minimum atomic E-state index is 0. The van der Waals surface area contributed by atoms with E-state index in [0.717, 1.165) is 0 Å². The Morgan fingerprint density at radius 3 is 1.00 bits per heavy atom. The van der Waals surface area contributed by atoms with E-state index in [9.17, 15) is 0 Å². The Morgan fingerprint density at radius 1 is 0.542 bits per heavy atom. The summed E-state index contributed by atoms with van der Waals surface area (Å²) in [6, 6.07) is 21.5. The van der Waals surface area contributed by atoms with E-state index in [1.165, 1.54) is 11.4 Å². The van der Waals surface area contributed by atoms with Gasteiger partial charge in [-0.1, -0.05) is 65.1 Å². The summed E-state index contributed by atoms with van der Waals surface area (Å²) in [6.07, 6.45) is 0. The lowest BCUT2D eigenvalue weighted by Crippen LogP contribution is -2.08. The predicted molar refractivity (Wildman–Crippen MR) is 115 cm³/mol. The number of para-hydroxylation sites is 2. The molecule has 0 aliphatic carbocycles. The number of hydrogen-bond donors (Lipinski definition) is 2. The quantitative estimate of drug-likeness (QED) is 0.613. The minimum Gasteiger partial charge on any atom is -0.383 e. The van der Waals surface area contributed by atoms with Crippen molar-refractivity contribution in [3.63, 3.8) is 0 Å². The molecule has 2 aromatic rings. The molecule has 0 unspecified atom stereocenters. The summed E-state index contributed by atoms with van der Waals surface area (Å²) < 4.78 is 0. The average molecular weight is 333 g/mol. The molecule has 138 valence electrons. The first-order chi connectivity index (χ1) is 10.6. The molecule has 0 aliphatic heterocycles. The van der Waals surface area contributed by atoms with Crippen molar-refractivity contribution in [2.75, 3.05) is 10.6 Å². The lowest BCUT2D eigenvalue weighted by Gasteiger charge is -2.08. The van der Waals surface area contributed by atoms with Crippen LogP contribution in [0.5, 0.6) is 0 Å². The van der Waals surface area contributed by atoms with Gasteiger partial charge >= 0.3 is 0 Å². The second-order valence-corrected chi connectivity index (χ2v) is 5.33. The van der Waals surface area contributed by atoms with Gasteiger partial charge in [-0.25, -0.2) is 0 Å². The summed E-state index contributed by atoms with van der Waals surface area (Å²) in [5, 5.41) is 6.61. The standard InChI is InChI=1S/2C9H13N.C2H6.2CH4/c2*1-8(2)10-9-6-4-3-5-7-9;1-2;;/h2*3-8,10H,1-2H3;1-2H3;2*1H4. The van der Waals surface area contributed by atoms with Gasteiger partial charge in [-0.3, -0.25) is 0 Å². The maximum absolute atomic E-state index is 3.30. The zero-order chi connectivity index (χ0) is 16.8. The summed E-state index contributed by atoms with van der Waals surface area (Å²) in [5.74, 6) is 0. The molecule has 0 saturated carbocycles. The second-order valence-electron chi connectivity index (χ2n) is 5.33. The van der Waals surface area contributed by atoms with Gasteiger partial charge in [0, 0.05) is 23.5 Å². The highest BCUT2D eigenvalue weighted by Crippen LogP contribution is 2.06. The van der Waals surface area contributed by atoms with Crippen molar-refractivity contribution in [3.05, 3.63) is 60.7 Å². The van der Waals surface area contributed by atoms with Crippen LogP contribution in [0.15, 0.2) is 60.7 Å². The zero-order valence-corrected chi connectivity index (χ0v) is 14.9. The van der Waals surface area contributed by atoms with Gasteiger partial charge < -0.3 is 10.6 Å². The Labute approximate surface area is 151 Å². The highest BCUT2D eigenvalue weighted by atomic mass is 14.9. The smallest absolute Gasteiger partial charge is 0.0342 e. The van der Waals surface area contributed by atoms with Crippen LogP contribution in [0.4, 0.5) is 11.4 Å². The second kappa shape index (κ2) is 17.4. The van der Waals surface area contributed by atoms with Crippen LogP contribution in [0.25, 0.3) is 0 Å². The van der Waals surface area contributed by atoms with Crippen molar-refractivity contribution in [2.45, 2.75) is 68.5 Å². The van der Waals surface area contributed by atoms with Gasteiger partial charge in [-0.15, -0.1) is 0 Å². The van der Waals surface area contributed by atoms with E-state index in [1.807, 2.05) is 50.2 Å². The number of benzene rings is 2. The van der Waals surface area contributed by atoms with Gasteiger partial charge in [0.2, 0.25) is 0 Å². The third-order valence-corrected chi connectivity index (χ3v) is 2.46. The van der Waals surface area contributed by atoms with Crippen LogP contribution in [0, 0.1) is 0 Å². The molecule has 0 bridgehead atoms. The highest BCUT2D eigenvalue weighted by molar-refractivity contribution is 5.43. The van der Waals surface area contributed by atoms with E-state index < -0.39 is 0 Å². The first kappa shape index (κ1) is 26.9. The molecule has 0 fully saturated rings. The number of rotatable bonds is 4. The monoisotopic (exact) mass is 332 g/mol. The van der Waals surface area contributed by atoms with Crippen LogP contribution in [0.2, 0.25) is 0 Å². The molecule has 2 nitrogen and oxygen atoms in total. The van der Waals surface area contributed by atoms with Gasteiger partial charge in [-0.2, -0.15) is 0 Å². The molecule has 0 amide bonds. The van der Waals surface area contributed by atoms with Crippen molar-refractivity contribution >= 4 is 11.4 Å². The van der Waals surface area contributed by atoms with Crippen LogP contribution in [-0.4, -0.2) is 12.1 Å². The molecule has 2 heteroatoms. The molecule has 0 spiro atoms. The SMILES string of the molecule is C.C.CC.CC(C)Nc1ccccc1.CC(C)Nc1ccccc1. The molecule has 2 N–H and O–H groups in total. The molecule has 24 heavy (non-hydrogen) atoms. The van der Waals surface area contributed by atoms with Crippen LogP contribution >= 0.6 is 0 Å². The Balaban J connectivity index is -0.000000310. The average Bonchev–Trinajstić information content (AvgIpc) is 2.51. The molecule has 0 radical (unpaired) electrons. The number of hydrogen-bond acceptors (Lipinski definition) is 2. The van der Waals surface area contributed by atoms with Crippen LogP contribution in [-0.2, 0) is 0 Å². The van der Waals surface area contributed by atoms with E-state index in [2.05, 4.69) is 62.6 Å². The fourth-order valence-corrected chi connectivity index (χ4v) is 1.74. The molecule has 0 heterocycles. The fourth-order valence-electron chi connectivity index (χ4n) is 1.74. The Bertz CT molecular complexity index is 404. The van der Waals surface area contributed by atoms with Crippen molar-refractivity contribution in [1.82, 2.24) is 0 Å². The summed E-state index contributed by atoms with van der Waals surface area (Å²) >= 11 is 0. The fraction of sp³-hybridized carbons (Fsp3) is 0.455. The molecular weight excluding hydrogens is 292 g/mol. The Kier molecular flexibility index (Phi) is 19.5. The highest BCUT2D eigenvalue weighted by Gasteiger charge is 1.91. The molecule has 0 aromatic heterocycles. The molecule has 2 rings (SSSR count). The van der Waals surface area contributed by atoms with E-state index in [-0.39, 0.29) is 14.9 Å². The Morgan fingerprint density at radius 2 is 0.792 bits per heavy atom. The third kappa shape index (κ3) is 15.0. The van der Waals surface area contributed by atoms with Crippen LogP contribution in [0.1, 0.15) is 56.4 Å². The summed E-state index contributed by atoms with van der Waals surface area (Å²) in [7, 11) is 0. The molecule has 0 aliphatic rings. The van der Waals surface area contributed by atoms with Gasteiger partial charge in [0.15, 0.2) is 0 Å². The maximum atomic E-state index is 3.30. The normalized spacial score (nSPS) is 8.50. The molecular formula is C22H40N2. The molecule has 0 atom stereocenters. The lowest BCUT2D eigenvalue weighted by molar-refractivity contribution is 0.899. The first-order valence-electron chi connectivity index (χ1n) is 8.21. The van der Waals surface area contributed by atoms with Crippen molar-refractivity contribution in [3.8, 4) is 0 Å². The van der Waals surface area contributed by atoms with Crippen LogP contribution in [0.3, 0.4) is 0 Å². The maximum Gasteiger partial charge on any atom is 0.0342 e. The van der Waals surface area contributed by atoms with E-state index in [0.29, 0.717) is 12.1 Å². The van der Waals surface area contributed by atoms with E-state index >= 15 is 0 Å². The minimum absolute atomic E-state index is 0. The van der Waals surface area contributed by atoms with E-state index in [1.54, 1.807) is 0 Å². The predicted octanol–water partition coefficient (Wildman–Crippen LogP) is 7.31. The van der Waals surface area contributed by atoms with Crippen molar-refractivity contribution in [2.24, 2.45) is 0 Å². The number of anilines is 2. The van der Waals surface area contributed by atoms with Gasteiger partial charge in [0.25, 0.3) is 0 Å². The zero-order valence-electron chi connectivity index (χ0n) is 14.9. The molecule has 0 saturated heterocycles. The molecule has 2 aromatic carbocycles. The topological polar surface area (TPSA) is 24.1 Å². The largest absolute Gasteiger partial charge is 0.383 e. The van der Waals surface area contributed by atoms with E-state index in [4.69, 9.17) is 0 Å². The van der Waals surface area contributed by atoms with Crippen molar-refractivity contribution < 1.29 is 0 Å². The Hall–Kier alpha value is -1.96. The lowest BCUT2D eigenvalue weighted by atomic mass is 10.3. The first-order valence-corrected chi connectivity index (χ1v) is 8.21.